The van der Waals surface area contributed by atoms with Gasteiger partial charge in [-0.25, -0.2) is 17.5 Å². The highest BCUT2D eigenvalue weighted by Gasteiger charge is 2.17. The minimum Gasteiger partial charge on any atom is -0.452 e. The van der Waals surface area contributed by atoms with Crippen molar-refractivity contribution in [2.45, 2.75) is 4.90 Å². The summed E-state index contributed by atoms with van der Waals surface area (Å²) in [4.78, 5) is 38.9. The molecule has 0 spiro atoms. The van der Waals surface area contributed by atoms with E-state index >= 15 is 0 Å². The van der Waals surface area contributed by atoms with Crippen molar-refractivity contribution in [3.05, 3.63) is 70.5 Å². The van der Waals surface area contributed by atoms with Crippen molar-refractivity contribution < 1.29 is 22.7 Å². The van der Waals surface area contributed by atoms with E-state index in [0.29, 0.717) is 16.6 Å². The van der Waals surface area contributed by atoms with Crippen LogP contribution in [-0.2, 0) is 19.6 Å². The standard InChI is InChI=1S/C20H19N3O6S/c1-23(2)30(27,28)14-9-7-13(8-10-14)21-19(25)12-29-20(26)16-11-18(24)22-17-6-4-3-5-15(16)17/h3-11H,12H2,1-2H3,(H,21,25)(H,22,24). The summed E-state index contributed by atoms with van der Waals surface area (Å²) in [6.07, 6.45) is 0. The fourth-order valence-electron chi connectivity index (χ4n) is 2.70. The van der Waals surface area contributed by atoms with E-state index in [0.717, 1.165) is 10.4 Å². The highest BCUT2D eigenvalue weighted by molar-refractivity contribution is 7.89. The lowest BCUT2D eigenvalue weighted by Crippen LogP contribution is -2.23. The molecule has 1 aromatic heterocycles. The van der Waals surface area contributed by atoms with Gasteiger partial charge in [0.05, 0.1) is 10.5 Å². The van der Waals surface area contributed by atoms with Crippen LogP contribution < -0.4 is 10.9 Å². The molecule has 0 aliphatic carbocycles. The number of aromatic nitrogens is 1. The van der Waals surface area contributed by atoms with E-state index in [9.17, 15) is 22.8 Å². The molecule has 0 atom stereocenters. The zero-order chi connectivity index (χ0) is 21.9. The Labute approximate surface area is 172 Å². The third kappa shape index (κ3) is 4.56. The number of amides is 1. The molecule has 1 amide bonds. The number of sulfonamides is 1. The number of para-hydroxylation sites is 1. The van der Waals surface area contributed by atoms with Crippen LogP contribution in [0, 0.1) is 0 Å². The van der Waals surface area contributed by atoms with Crippen LogP contribution in [0.4, 0.5) is 5.69 Å². The van der Waals surface area contributed by atoms with Crippen molar-refractivity contribution in [1.82, 2.24) is 9.29 Å². The number of fused-ring (bicyclic) bond motifs is 1. The number of hydrogen-bond acceptors (Lipinski definition) is 6. The van der Waals surface area contributed by atoms with Gasteiger partial charge in [-0.05, 0) is 30.3 Å². The van der Waals surface area contributed by atoms with Gasteiger partial charge < -0.3 is 15.0 Å². The van der Waals surface area contributed by atoms with Gasteiger partial charge in [-0.15, -0.1) is 0 Å². The Morgan fingerprint density at radius 1 is 1.07 bits per heavy atom. The van der Waals surface area contributed by atoms with E-state index in [2.05, 4.69) is 10.3 Å². The lowest BCUT2D eigenvalue weighted by Gasteiger charge is -2.12. The molecule has 0 aliphatic heterocycles. The van der Waals surface area contributed by atoms with E-state index in [-0.39, 0.29) is 10.5 Å². The van der Waals surface area contributed by atoms with Gasteiger partial charge in [-0.3, -0.25) is 9.59 Å². The monoisotopic (exact) mass is 429 g/mol. The minimum absolute atomic E-state index is 0.0559. The SMILES string of the molecule is CN(C)S(=O)(=O)c1ccc(NC(=O)COC(=O)c2cc(=O)[nH]c3ccccc23)cc1. The summed E-state index contributed by atoms with van der Waals surface area (Å²) < 4.78 is 30.2. The number of aromatic amines is 1. The van der Waals surface area contributed by atoms with Crippen LogP contribution in [0.2, 0.25) is 0 Å². The molecule has 0 saturated carbocycles. The van der Waals surface area contributed by atoms with E-state index < -0.39 is 34.1 Å². The second kappa shape index (κ2) is 8.47. The van der Waals surface area contributed by atoms with Crippen molar-refractivity contribution >= 4 is 38.5 Å². The first kappa shape index (κ1) is 21.2. The zero-order valence-corrected chi connectivity index (χ0v) is 17.0. The van der Waals surface area contributed by atoms with E-state index in [1.165, 1.54) is 38.4 Å². The van der Waals surface area contributed by atoms with E-state index in [1.807, 2.05) is 0 Å². The van der Waals surface area contributed by atoms with Gasteiger partial charge >= 0.3 is 5.97 Å². The average Bonchev–Trinajstić information content (AvgIpc) is 2.71. The summed E-state index contributed by atoms with van der Waals surface area (Å²) >= 11 is 0. The highest BCUT2D eigenvalue weighted by atomic mass is 32.2. The third-order valence-corrected chi connectivity index (χ3v) is 6.05. The first-order valence-corrected chi connectivity index (χ1v) is 10.2. The van der Waals surface area contributed by atoms with Gasteiger partial charge in [0, 0.05) is 36.8 Å². The maximum absolute atomic E-state index is 12.4. The minimum atomic E-state index is -3.57. The number of benzene rings is 2. The Kier molecular flexibility index (Phi) is 5.99. The van der Waals surface area contributed by atoms with Crippen molar-refractivity contribution in [2.75, 3.05) is 26.0 Å². The summed E-state index contributed by atoms with van der Waals surface area (Å²) in [7, 11) is -0.733. The summed E-state index contributed by atoms with van der Waals surface area (Å²) in [5.74, 6) is -1.42. The number of rotatable bonds is 6. The Balaban J connectivity index is 1.65. The molecule has 2 N–H and O–H groups in total. The molecule has 1 heterocycles. The number of carbonyl (C=O) groups is 2. The predicted octanol–water partition coefficient (Wildman–Crippen LogP) is 1.57. The summed E-state index contributed by atoms with van der Waals surface area (Å²) in [6, 6.07) is 13.4. The van der Waals surface area contributed by atoms with Crippen molar-refractivity contribution in [1.29, 1.82) is 0 Å². The second-order valence-electron chi connectivity index (χ2n) is 6.53. The van der Waals surface area contributed by atoms with Gasteiger partial charge in [-0.2, -0.15) is 0 Å². The van der Waals surface area contributed by atoms with Crippen LogP contribution in [-0.4, -0.2) is 50.3 Å². The molecule has 0 fully saturated rings. The van der Waals surface area contributed by atoms with Crippen LogP contribution >= 0.6 is 0 Å². The number of carbonyl (C=O) groups excluding carboxylic acids is 2. The van der Waals surface area contributed by atoms with Gasteiger partial charge in [-0.1, -0.05) is 18.2 Å². The van der Waals surface area contributed by atoms with Crippen LogP contribution in [0.15, 0.2) is 64.3 Å². The third-order valence-electron chi connectivity index (χ3n) is 4.22. The molecule has 0 unspecified atom stereocenters. The quantitative estimate of drug-likeness (QED) is 0.573. The second-order valence-corrected chi connectivity index (χ2v) is 8.68. The number of H-pyrrole nitrogens is 1. The Morgan fingerprint density at radius 2 is 1.73 bits per heavy atom. The smallest absolute Gasteiger partial charge is 0.339 e. The molecule has 0 saturated heterocycles. The fourth-order valence-corrected chi connectivity index (χ4v) is 3.60. The highest BCUT2D eigenvalue weighted by Crippen LogP contribution is 2.17. The maximum Gasteiger partial charge on any atom is 0.339 e. The molecule has 3 aromatic rings. The Hall–Kier alpha value is -3.50. The molecule has 0 bridgehead atoms. The number of pyridine rings is 1. The molecule has 30 heavy (non-hydrogen) atoms. The number of nitrogens with zero attached hydrogens (tertiary/aromatic N) is 1. The van der Waals surface area contributed by atoms with Crippen LogP contribution in [0.5, 0.6) is 0 Å². The summed E-state index contributed by atoms with van der Waals surface area (Å²) in [6.45, 7) is -0.572. The molecule has 10 heteroatoms. The summed E-state index contributed by atoms with van der Waals surface area (Å²) in [5.41, 5.74) is 0.419. The molecule has 2 aromatic carbocycles. The Bertz CT molecular complexity index is 1260. The normalized spacial score (nSPS) is 11.4. The molecule has 0 radical (unpaired) electrons. The number of hydrogen-bond donors (Lipinski definition) is 2. The van der Waals surface area contributed by atoms with Gasteiger partial charge in [0.15, 0.2) is 6.61 Å². The molecule has 9 nitrogen and oxygen atoms in total. The molecular weight excluding hydrogens is 410 g/mol. The van der Waals surface area contributed by atoms with Crippen LogP contribution in [0.3, 0.4) is 0 Å². The fraction of sp³-hybridized carbons (Fsp3) is 0.150. The predicted molar refractivity (Wildman–Crippen MR) is 111 cm³/mol. The van der Waals surface area contributed by atoms with Crippen LogP contribution in [0.1, 0.15) is 10.4 Å². The van der Waals surface area contributed by atoms with Gasteiger partial charge in [0.2, 0.25) is 15.6 Å². The number of esters is 1. The maximum atomic E-state index is 12.4. The topological polar surface area (TPSA) is 126 Å². The zero-order valence-electron chi connectivity index (χ0n) is 16.2. The van der Waals surface area contributed by atoms with Crippen LogP contribution in [0.25, 0.3) is 10.9 Å². The first-order chi connectivity index (χ1) is 14.2. The van der Waals surface area contributed by atoms with Gasteiger partial charge in [0.1, 0.15) is 0 Å². The molecule has 156 valence electrons. The Morgan fingerprint density at radius 3 is 2.40 bits per heavy atom. The summed E-state index contributed by atoms with van der Waals surface area (Å²) in [5, 5.41) is 3.01. The molecular formula is C20H19N3O6S. The number of nitrogens with one attached hydrogen (secondary N) is 2. The van der Waals surface area contributed by atoms with E-state index in [4.69, 9.17) is 4.74 Å². The van der Waals surface area contributed by atoms with E-state index in [1.54, 1.807) is 24.3 Å². The first-order valence-electron chi connectivity index (χ1n) is 8.80. The van der Waals surface area contributed by atoms with Gasteiger partial charge in [0.25, 0.3) is 5.91 Å². The average molecular weight is 429 g/mol. The van der Waals surface area contributed by atoms with Crippen molar-refractivity contribution in [3.63, 3.8) is 0 Å². The number of ether oxygens (including phenoxy) is 1. The lowest BCUT2D eigenvalue weighted by molar-refractivity contribution is -0.119. The molecule has 0 aliphatic rings. The molecule has 3 rings (SSSR count). The van der Waals surface area contributed by atoms with Crippen molar-refractivity contribution in [2.24, 2.45) is 0 Å². The number of anilines is 1. The largest absolute Gasteiger partial charge is 0.452 e. The van der Waals surface area contributed by atoms with Crippen molar-refractivity contribution in [3.8, 4) is 0 Å². The lowest BCUT2D eigenvalue weighted by atomic mass is 10.1.